The van der Waals surface area contributed by atoms with Crippen LogP contribution in [-0.4, -0.2) is 127 Å². The van der Waals surface area contributed by atoms with E-state index in [1.54, 1.807) is 0 Å². The predicted octanol–water partition coefficient (Wildman–Crippen LogP) is -3.73. The first-order valence-electron chi connectivity index (χ1n) is 10.3. The largest absolute Gasteiger partial charge is 0.395 e. The molecule has 1 saturated heterocycles. The number of aliphatic hydroxyl groups excluding tert-OH is 3. The Labute approximate surface area is 177 Å². The van der Waals surface area contributed by atoms with E-state index in [0.29, 0.717) is 39.3 Å². The monoisotopic (exact) mass is 432 g/mol. The van der Waals surface area contributed by atoms with E-state index >= 15 is 0 Å². The minimum Gasteiger partial charge on any atom is -0.395 e. The first-order chi connectivity index (χ1) is 14.5. The molecule has 1 rings (SSSR count). The number of carbonyl (C=O) groups is 3. The minimum atomic E-state index is -0.187. The van der Waals surface area contributed by atoms with Gasteiger partial charge >= 0.3 is 0 Å². The summed E-state index contributed by atoms with van der Waals surface area (Å²) in [6.45, 7) is 2.66. The van der Waals surface area contributed by atoms with E-state index in [2.05, 4.69) is 16.0 Å². The standard InChI is InChI=1S/C18H36N6O6/c25-10-7-19-4-1-16(28)22-13-23(17(29)2-5-20-8-11-26)15-24(14-22)18(30)3-6-21-9-12-27/h19-21,25-27H,1-15H2. The van der Waals surface area contributed by atoms with Crippen LogP contribution in [0.25, 0.3) is 0 Å². The summed E-state index contributed by atoms with van der Waals surface area (Å²) in [4.78, 5) is 42.1. The SMILES string of the molecule is O=C(CCNCCO)N1CN(C(=O)CCNCCO)CN(C(=O)CCNCCO)C1. The summed E-state index contributed by atoms with van der Waals surface area (Å²) in [6.07, 6.45) is 0.584. The number of rotatable bonds is 15. The van der Waals surface area contributed by atoms with Crippen LogP contribution in [0.4, 0.5) is 0 Å². The van der Waals surface area contributed by atoms with Crippen molar-refractivity contribution < 1.29 is 29.7 Å². The summed E-state index contributed by atoms with van der Waals surface area (Å²) in [5, 5.41) is 35.2. The van der Waals surface area contributed by atoms with Crippen molar-refractivity contribution in [2.24, 2.45) is 0 Å². The Kier molecular flexibility index (Phi) is 13.9. The lowest BCUT2D eigenvalue weighted by Crippen LogP contribution is -2.60. The van der Waals surface area contributed by atoms with Gasteiger partial charge in [-0.2, -0.15) is 0 Å². The Balaban J connectivity index is 2.66. The van der Waals surface area contributed by atoms with Crippen molar-refractivity contribution in [3.8, 4) is 0 Å². The van der Waals surface area contributed by atoms with Crippen LogP contribution in [0.2, 0.25) is 0 Å². The third kappa shape index (κ3) is 10.3. The van der Waals surface area contributed by atoms with Crippen molar-refractivity contribution >= 4 is 17.7 Å². The van der Waals surface area contributed by atoms with Gasteiger partial charge in [-0.25, -0.2) is 0 Å². The summed E-state index contributed by atoms with van der Waals surface area (Å²) in [5.74, 6) is -0.562. The smallest absolute Gasteiger partial charge is 0.226 e. The third-order valence-corrected chi connectivity index (χ3v) is 4.50. The van der Waals surface area contributed by atoms with Crippen LogP contribution in [-0.2, 0) is 14.4 Å². The van der Waals surface area contributed by atoms with Gasteiger partial charge in [-0.3, -0.25) is 14.4 Å². The lowest BCUT2D eigenvalue weighted by Gasteiger charge is -2.42. The van der Waals surface area contributed by atoms with Crippen molar-refractivity contribution in [3.63, 3.8) is 0 Å². The van der Waals surface area contributed by atoms with Crippen molar-refractivity contribution in [3.05, 3.63) is 0 Å². The molecule has 0 unspecified atom stereocenters. The molecular weight excluding hydrogens is 396 g/mol. The van der Waals surface area contributed by atoms with Crippen LogP contribution in [0.5, 0.6) is 0 Å². The Morgan fingerprint density at radius 1 is 0.533 bits per heavy atom. The number of hydrogen-bond donors (Lipinski definition) is 6. The second kappa shape index (κ2) is 15.9. The zero-order chi connectivity index (χ0) is 22.2. The molecule has 0 aromatic rings. The van der Waals surface area contributed by atoms with Gasteiger partial charge in [0.05, 0.1) is 39.8 Å². The number of aliphatic hydroxyl groups is 3. The first-order valence-corrected chi connectivity index (χ1v) is 10.3. The molecule has 1 aliphatic rings. The van der Waals surface area contributed by atoms with Crippen molar-refractivity contribution in [1.29, 1.82) is 0 Å². The number of nitrogens with one attached hydrogen (secondary N) is 3. The highest BCUT2D eigenvalue weighted by Gasteiger charge is 2.31. The summed E-state index contributed by atoms with van der Waals surface area (Å²) in [6, 6.07) is 0. The van der Waals surface area contributed by atoms with E-state index < -0.39 is 0 Å². The van der Waals surface area contributed by atoms with Gasteiger partial charge in [0.15, 0.2) is 0 Å². The third-order valence-electron chi connectivity index (χ3n) is 4.50. The molecule has 0 aliphatic carbocycles. The summed E-state index contributed by atoms with van der Waals surface area (Å²) < 4.78 is 0. The van der Waals surface area contributed by atoms with Gasteiger partial charge in [-0.05, 0) is 0 Å². The maximum Gasteiger partial charge on any atom is 0.226 e. The molecule has 0 saturated carbocycles. The molecule has 174 valence electrons. The molecule has 12 heteroatoms. The second-order valence-electron chi connectivity index (χ2n) is 6.90. The number of amides is 3. The Hall–Kier alpha value is -1.83. The molecule has 3 amide bonds. The fourth-order valence-electron chi connectivity index (χ4n) is 2.90. The highest BCUT2D eigenvalue weighted by Crippen LogP contribution is 2.12. The van der Waals surface area contributed by atoms with E-state index in [0.717, 1.165) is 0 Å². The quantitative estimate of drug-likeness (QED) is 0.143. The van der Waals surface area contributed by atoms with Gasteiger partial charge < -0.3 is 46.0 Å². The highest BCUT2D eigenvalue weighted by atomic mass is 16.3. The van der Waals surface area contributed by atoms with Crippen LogP contribution in [0.3, 0.4) is 0 Å². The predicted molar refractivity (Wildman–Crippen MR) is 109 cm³/mol. The molecule has 0 aromatic carbocycles. The molecule has 0 aromatic heterocycles. The van der Waals surface area contributed by atoms with Gasteiger partial charge in [0.1, 0.15) is 0 Å². The summed E-state index contributed by atoms with van der Waals surface area (Å²) in [5.41, 5.74) is 0. The van der Waals surface area contributed by atoms with Crippen molar-refractivity contribution in [2.45, 2.75) is 19.3 Å². The van der Waals surface area contributed by atoms with E-state index in [4.69, 9.17) is 15.3 Å². The molecule has 6 N–H and O–H groups in total. The lowest BCUT2D eigenvalue weighted by atomic mass is 10.3. The average Bonchev–Trinajstić information content (AvgIpc) is 2.76. The van der Waals surface area contributed by atoms with Gasteiger partial charge in [0.2, 0.25) is 17.7 Å². The number of hydrogen-bond acceptors (Lipinski definition) is 9. The van der Waals surface area contributed by atoms with E-state index in [1.165, 1.54) is 14.7 Å². The second-order valence-corrected chi connectivity index (χ2v) is 6.90. The van der Waals surface area contributed by atoms with Gasteiger partial charge in [-0.1, -0.05) is 0 Å². The lowest BCUT2D eigenvalue weighted by molar-refractivity contribution is -0.158. The molecule has 1 aliphatic heterocycles. The zero-order valence-corrected chi connectivity index (χ0v) is 17.5. The number of carbonyl (C=O) groups excluding carboxylic acids is 3. The average molecular weight is 433 g/mol. The summed E-state index contributed by atoms with van der Waals surface area (Å²) in [7, 11) is 0. The Morgan fingerprint density at radius 2 is 0.800 bits per heavy atom. The molecule has 30 heavy (non-hydrogen) atoms. The molecule has 0 atom stereocenters. The highest BCUT2D eigenvalue weighted by molar-refractivity contribution is 5.82. The van der Waals surface area contributed by atoms with Gasteiger partial charge in [-0.15, -0.1) is 0 Å². The molecule has 0 radical (unpaired) electrons. The molecule has 12 nitrogen and oxygen atoms in total. The zero-order valence-electron chi connectivity index (χ0n) is 17.5. The van der Waals surface area contributed by atoms with Crippen LogP contribution < -0.4 is 16.0 Å². The fourth-order valence-corrected chi connectivity index (χ4v) is 2.90. The van der Waals surface area contributed by atoms with E-state index in [-0.39, 0.29) is 76.8 Å². The van der Waals surface area contributed by atoms with Gasteiger partial charge in [0, 0.05) is 58.5 Å². The summed E-state index contributed by atoms with van der Waals surface area (Å²) >= 11 is 0. The van der Waals surface area contributed by atoms with Crippen molar-refractivity contribution in [2.75, 3.05) is 79.1 Å². The Morgan fingerprint density at radius 3 is 1.03 bits per heavy atom. The molecule has 0 bridgehead atoms. The van der Waals surface area contributed by atoms with Gasteiger partial charge in [0.25, 0.3) is 0 Å². The molecule has 1 fully saturated rings. The molecule has 1 heterocycles. The normalized spacial score (nSPS) is 14.3. The first kappa shape index (κ1) is 26.2. The Bertz CT molecular complexity index is 446. The molecular formula is C18H36N6O6. The molecule has 0 spiro atoms. The van der Waals surface area contributed by atoms with Crippen LogP contribution in [0.15, 0.2) is 0 Å². The number of nitrogens with zero attached hydrogens (tertiary/aromatic N) is 3. The van der Waals surface area contributed by atoms with Crippen LogP contribution in [0, 0.1) is 0 Å². The van der Waals surface area contributed by atoms with Crippen LogP contribution in [0.1, 0.15) is 19.3 Å². The van der Waals surface area contributed by atoms with Crippen molar-refractivity contribution in [1.82, 2.24) is 30.7 Å². The van der Waals surface area contributed by atoms with Crippen LogP contribution >= 0.6 is 0 Å². The maximum absolute atomic E-state index is 12.6. The topological polar surface area (TPSA) is 158 Å². The maximum atomic E-state index is 12.6. The van der Waals surface area contributed by atoms with E-state index in [9.17, 15) is 14.4 Å². The minimum absolute atomic E-state index is 0.0168. The van der Waals surface area contributed by atoms with E-state index in [1.807, 2.05) is 0 Å². The fraction of sp³-hybridized carbons (Fsp3) is 0.833.